The first kappa shape index (κ1) is 11.6. The second kappa shape index (κ2) is 5.46. The van der Waals surface area contributed by atoms with Gasteiger partial charge in [-0.1, -0.05) is 6.07 Å². The normalized spacial score (nSPS) is 9.88. The molecule has 0 radical (unpaired) electrons. The summed E-state index contributed by atoms with van der Waals surface area (Å²) >= 11 is 1.66. The summed E-state index contributed by atoms with van der Waals surface area (Å²) in [6.07, 6.45) is 0.788. The summed E-state index contributed by atoms with van der Waals surface area (Å²) in [7, 11) is 0. The van der Waals surface area contributed by atoms with Crippen LogP contribution in [0.3, 0.4) is 0 Å². The van der Waals surface area contributed by atoms with Gasteiger partial charge in [0.25, 0.3) is 0 Å². The molecule has 0 saturated carbocycles. The summed E-state index contributed by atoms with van der Waals surface area (Å²) in [6.45, 7) is 0.481. The van der Waals surface area contributed by atoms with E-state index < -0.39 is 5.82 Å². The van der Waals surface area contributed by atoms with Crippen LogP contribution in [0.4, 0.5) is 4.39 Å². The molecule has 0 bridgehead atoms. The SMILES string of the molecule is N#Cc1cc(F)cc(OCCc2cccs2)c1. The molecular weight excluding hydrogens is 237 g/mol. The summed E-state index contributed by atoms with van der Waals surface area (Å²) in [4.78, 5) is 1.22. The smallest absolute Gasteiger partial charge is 0.128 e. The van der Waals surface area contributed by atoms with Crippen LogP contribution in [0, 0.1) is 17.1 Å². The molecule has 0 saturated heterocycles. The average Bonchev–Trinajstić information content (AvgIpc) is 2.81. The van der Waals surface area contributed by atoms with Crippen LogP contribution in [-0.4, -0.2) is 6.61 Å². The van der Waals surface area contributed by atoms with Crippen LogP contribution in [-0.2, 0) is 6.42 Å². The van der Waals surface area contributed by atoms with Crippen LogP contribution in [0.15, 0.2) is 35.7 Å². The van der Waals surface area contributed by atoms with Gasteiger partial charge in [-0.3, -0.25) is 0 Å². The first-order valence-corrected chi connectivity index (χ1v) is 6.02. The van der Waals surface area contributed by atoms with Gasteiger partial charge in [-0.05, 0) is 23.6 Å². The van der Waals surface area contributed by atoms with Gasteiger partial charge in [0.1, 0.15) is 11.6 Å². The van der Waals surface area contributed by atoms with E-state index in [9.17, 15) is 4.39 Å². The van der Waals surface area contributed by atoms with Crippen molar-refractivity contribution in [3.8, 4) is 11.8 Å². The molecule has 0 aliphatic heterocycles. The van der Waals surface area contributed by atoms with E-state index >= 15 is 0 Å². The standard InChI is InChI=1S/C13H10FNOS/c14-11-6-10(9-15)7-12(8-11)16-4-3-13-2-1-5-17-13/h1-2,5-8H,3-4H2. The second-order valence-corrected chi connectivity index (χ2v) is 4.50. The first-order valence-electron chi connectivity index (χ1n) is 5.14. The van der Waals surface area contributed by atoms with Gasteiger partial charge in [-0.15, -0.1) is 11.3 Å². The van der Waals surface area contributed by atoms with E-state index in [0.29, 0.717) is 12.4 Å². The molecule has 2 rings (SSSR count). The zero-order valence-corrected chi connectivity index (χ0v) is 9.84. The lowest BCUT2D eigenvalue weighted by atomic mass is 10.2. The topological polar surface area (TPSA) is 33.0 Å². The first-order chi connectivity index (χ1) is 8.28. The summed E-state index contributed by atoms with van der Waals surface area (Å²) in [5, 5.41) is 10.7. The van der Waals surface area contributed by atoms with Gasteiger partial charge in [-0.2, -0.15) is 5.26 Å². The molecule has 86 valence electrons. The Morgan fingerprint density at radius 3 is 2.94 bits per heavy atom. The zero-order chi connectivity index (χ0) is 12.1. The van der Waals surface area contributed by atoms with Gasteiger partial charge in [0.15, 0.2) is 0 Å². The Labute approximate surface area is 103 Å². The Morgan fingerprint density at radius 2 is 2.24 bits per heavy atom. The Morgan fingerprint density at radius 1 is 1.35 bits per heavy atom. The highest BCUT2D eigenvalue weighted by atomic mass is 32.1. The molecular formula is C13H10FNOS. The number of nitriles is 1. The third-order valence-electron chi connectivity index (χ3n) is 2.20. The van der Waals surface area contributed by atoms with Gasteiger partial charge in [-0.25, -0.2) is 4.39 Å². The van der Waals surface area contributed by atoms with Crippen molar-refractivity contribution in [1.29, 1.82) is 5.26 Å². The molecule has 0 unspecified atom stereocenters. The molecule has 0 aliphatic carbocycles. The van der Waals surface area contributed by atoms with E-state index in [1.165, 1.54) is 23.1 Å². The van der Waals surface area contributed by atoms with Crippen LogP contribution in [0.1, 0.15) is 10.4 Å². The minimum atomic E-state index is -0.449. The zero-order valence-electron chi connectivity index (χ0n) is 9.02. The monoisotopic (exact) mass is 247 g/mol. The minimum Gasteiger partial charge on any atom is -0.493 e. The molecule has 0 atom stereocenters. The molecule has 0 amide bonds. The summed E-state index contributed by atoms with van der Waals surface area (Å²) in [5.74, 6) is -0.0479. The van der Waals surface area contributed by atoms with Gasteiger partial charge in [0, 0.05) is 17.4 Å². The van der Waals surface area contributed by atoms with Crippen molar-refractivity contribution in [2.45, 2.75) is 6.42 Å². The van der Waals surface area contributed by atoms with E-state index in [1.54, 1.807) is 11.3 Å². The third-order valence-corrected chi connectivity index (χ3v) is 3.13. The highest BCUT2D eigenvalue weighted by Gasteiger charge is 2.02. The number of hydrogen-bond donors (Lipinski definition) is 0. The summed E-state index contributed by atoms with van der Waals surface area (Å²) in [6, 6.07) is 9.92. The molecule has 4 heteroatoms. The van der Waals surface area contributed by atoms with E-state index in [0.717, 1.165) is 6.42 Å². The van der Waals surface area contributed by atoms with E-state index in [-0.39, 0.29) is 5.56 Å². The number of thiophene rings is 1. The quantitative estimate of drug-likeness (QED) is 0.829. The number of benzene rings is 1. The molecule has 1 aromatic carbocycles. The number of rotatable bonds is 4. The summed E-state index contributed by atoms with van der Waals surface area (Å²) < 4.78 is 18.5. The Kier molecular flexibility index (Phi) is 3.73. The molecule has 0 N–H and O–H groups in total. The fourth-order valence-corrected chi connectivity index (χ4v) is 2.13. The fourth-order valence-electron chi connectivity index (χ4n) is 1.43. The van der Waals surface area contributed by atoms with Crippen LogP contribution >= 0.6 is 11.3 Å². The molecule has 17 heavy (non-hydrogen) atoms. The fraction of sp³-hybridized carbons (Fsp3) is 0.154. The second-order valence-electron chi connectivity index (χ2n) is 3.47. The molecule has 0 spiro atoms. The number of ether oxygens (including phenoxy) is 1. The lowest BCUT2D eigenvalue weighted by Gasteiger charge is -2.05. The van der Waals surface area contributed by atoms with E-state index in [1.807, 2.05) is 23.6 Å². The molecule has 2 aromatic rings. The molecule has 1 aromatic heterocycles. The van der Waals surface area contributed by atoms with Crippen molar-refractivity contribution in [1.82, 2.24) is 0 Å². The lowest BCUT2D eigenvalue weighted by Crippen LogP contribution is -2.00. The molecule has 0 fully saturated rings. The minimum absolute atomic E-state index is 0.274. The van der Waals surface area contributed by atoms with Gasteiger partial charge in [0.2, 0.25) is 0 Å². The number of halogens is 1. The van der Waals surface area contributed by atoms with Gasteiger partial charge < -0.3 is 4.74 Å². The van der Waals surface area contributed by atoms with Crippen LogP contribution in [0.25, 0.3) is 0 Å². The Hall–Kier alpha value is -1.86. The van der Waals surface area contributed by atoms with Crippen molar-refractivity contribution in [3.05, 3.63) is 52.0 Å². The highest BCUT2D eigenvalue weighted by molar-refractivity contribution is 7.09. The van der Waals surface area contributed by atoms with Crippen molar-refractivity contribution in [3.63, 3.8) is 0 Å². The van der Waals surface area contributed by atoms with Crippen LogP contribution < -0.4 is 4.74 Å². The number of nitrogens with zero attached hydrogens (tertiary/aromatic N) is 1. The van der Waals surface area contributed by atoms with Crippen molar-refractivity contribution >= 4 is 11.3 Å². The van der Waals surface area contributed by atoms with Crippen LogP contribution in [0.2, 0.25) is 0 Å². The van der Waals surface area contributed by atoms with Gasteiger partial charge in [0.05, 0.1) is 18.2 Å². The van der Waals surface area contributed by atoms with Crippen molar-refractivity contribution in [2.24, 2.45) is 0 Å². The summed E-state index contributed by atoms with van der Waals surface area (Å²) in [5.41, 5.74) is 0.274. The lowest BCUT2D eigenvalue weighted by molar-refractivity contribution is 0.321. The van der Waals surface area contributed by atoms with Crippen molar-refractivity contribution in [2.75, 3.05) is 6.61 Å². The number of hydrogen-bond acceptors (Lipinski definition) is 3. The molecule has 1 heterocycles. The van der Waals surface area contributed by atoms with Crippen molar-refractivity contribution < 1.29 is 9.13 Å². The third kappa shape index (κ3) is 3.30. The largest absolute Gasteiger partial charge is 0.493 e. The predicted molar refractivity (Wildman–Crippen MR) is 64.6 cm³/mol. The predicted octanol–water partition coefficient (Wildman–Crippen LogP) is 3.38. The highest BCUT2D eigenvalue weighted by Crippen LogP contribution is 2.17. The Bertz CT molecular complexity index is 531. The maximum atomic E-state index is 13.1. The van der Waals surface area contributed by atoms with E-state index in [2.05, 4.69) is 0 Å². The maximum absolute atomic E-state index is 13.1. The molecule has 2 nitrogen and oxygen atoms in total. The van der Waals surface area contributed by atoms with Crippen LogP contribution in [0.5, 0.6) is 5.75 Å². The average molecular weight is 247 g/mol. The molecule has 0 aliphatic rings. The van der Waals surface area contributed by atoms with Gasteiger partial charge >= 0.3 is 0 Å². The van der Waals surface area contributed by atoms with E-state index in [4.69, 9.17) is 10.00 Å². The maximum Gasteiger partial charge on any atom is 0.128 e. The Balaban J connectivity index is 1.95.